The molecule has 0 radical (unpaired) electrons. The van der Waals surface area contributed by atoms with E-state index in [2.05, 4.69) is 21.2 Å². The fourth-order valence-corrected chi connectivity index (χ4v) is 2.08. The van der Waals surface area contributed by atoms with E-state index in [-0.39, 0.29) is 5.91 Å². The van der Waals surface area contributed by atoms with Crippen LogP contribution in [-0.4, -0.2) is 5.91 Å². The summed E-state index contributed by atoms with van der Waals surface area (Å²) < 4.78 is 6.71. The van der Waals surface area contributed by atoms with Gasteiger partial charge in [-0.1, -0.05) is 28.1 Å². The van der Waals surface area contributed by atoms with Gasteiger partial charge in [-0.2, -0.15) is 0 Å². The Morgan fingerprint density at radius 1 is 1.21 bits per heavy atom. The molecule has 98 valence electrons. The highest BCUT2D eigenvalue weighted by Crippen LogP contribution is 2.18. The lowest BCUT2D eigenvalue weighted by atomic mass is 10.2. The molecule has 0 unspecified atom stereocenters. The minimum absolute atomic E-state index is 0.0807. The van der Waals surface area contributed by atoms with Gasteiger partial charge in [0, 0.05) is 17.1 Å². The molecular weight excluding hydrogens is 306 g/mol. The zero-order valence-corrected chi connectivity index (χ0v) is 12.1. The topological polar surface area (TPSA) is 38.3 Å². The lowest BCUT2D eigenvalue weighted by Crippen LogP contribution is -2.05. The largest absolute Gasteiger partial charge is 0.489 e. The van der Waals surface area contributed by atoms with Gasteiger partial charge in [0.25, 0.3) is 0 Å². The maximum Gasteiger partial charge on any atom is 0.221 e. The number of hydrogen-bond donors (Lipinski definition) is 1. The number of halogens is 1. The van der Waals surface area contributed by atoms with E-state index in [1.165, 1.54) is 6.92 Å². The van der Waals surface area contributed by atoms with Gasteiger partial charge in [0.15, 0.2) is 0 Å². The van der Waals surface area contributed by atoms with Crippen molar-refractivity contribution in [3.05, 3.63) is 58.6 Å². The first-order valence-electron chi connectivity index (χ1n) is 5.88. The summed E-state index contributed by atoms with van der Waals surface area (Å²) in [6, 6.07) is 15.3. The number of anilines is 1. The molecule has 4 heteroatoms. The zero-order valence-electron chi connectivity index (χ0n) is 10.5. The lowest BCUT2D eigenvalue weighted by Gasteiger charge is -2.08. The van der Waals surface area contributed by atoms with Crippen molar-refractivity contribution in [1.29, 1.82) is 0 Å². The second-order valence-corrected chi connectivity index (χ2v) is 5.04. The summed E-state index contributed by atoms with van der Waals surface area (Å²) in [7, 11) is 0. The number of carbonyl (C=O) groups is 1. The van der Waals surface area contributed by atoms with Crippen molar-refractivity contribution in [1.82, 2.24) is 0 Å². The molecule has 0 fully saturated rings. The normalized spacial score (nSPS) is 10.0. The molecule has 0 saturated carbocycles. The van der Waals surface area contributed by atoms with Crippen molar-refractivity contribution < 1.29 is 9.53 Å². The maximum absolute atomic E-state index is 10.9. The quantitative estimate of drug-likeness (QED) is 0.925. The number of hydrogen-bond acceptors (Lipinski definition) is 2. The summed E-state index contributed by atoms with van der Waals surface area (Å²) in [6.45, 7) is 2.00. The van der Waals surface area contributed by atoms with Crippen molar-refractivity contribution in [3.8, 4) is 5.75 Å². The van der Waals surface area contributed by atoms with Crippen molar-refractivity contribution in [2.75, 3.05) is 5.32 Å². The SMILES string of the molecule is CC(=O)Nc1ccc(OCc2cccc(Br)c2)cc1. The minimum atomic E-state index is -0.0807. The number of benzene rings is 2. The second kappa shape index (κ2) is 6.38. The van der Waals surface area contributed by atoms with Crippen molar-refractivity contribution in [3.63, 3.8) is 0 Å². The third-order valence-corrected chi connectivity index (χ3v) is 2.96. The van der Waals surface area contributed by atoms with Crippen LogP contribution >= 0.6 is 15.9 Å². The third-order valence-electron chi connectivity index (χ3n) is 2.47. The van der Waals surface area contributed by atoms with Crippen LogP contribution in [0.2, 0.25) is 0 Å². The van der Waals surface area contributed by atoms with Crippen molar-refractivity contribution in [2.24, 2.45) is 0 Å². The predicted octanol–water partition coefficient (Wildman–Crippen LogP) is 3.99. The van der Waals surface area contributed by atoms with E-state index in [0.29, 0.717) is 6.61 Å². The van der Waals surface area contributed by atoms with E-state index in [9.17, 15) is 4.79 Å². The van der Waals surface area contributed by atoms with Crippen LogP contribution < -0.4 is 10.1 Å². The van der Waals surface area contributed by atoms with Gasteiger partial charge in [0.05, 0.1) is 0 Å². The van der Waals surface area contributed by atoms with Crippen LogP contribution in [0.3, 0.4) is 0 Å². The van der Waals surface area contributed by atoms with Gasteiger partial charge >= 0.3 is 0 Å². The number of amides is 1. The van der Waals surface area contributed by atoms with Gasteiger partial charge in [0.1, 0.15) is 12.4 Å². The van der Waals surface area contributed by atoms with Gasteiger partial charge in [-0.3, -0.25) is 4.79 Å². The average molecular weight is 320 g/mol. The van der Waals surface area contributed by atoms with E-state index in [0.717, 1.165) is 21.5 Å². The second-order valence-electron chi connectivity index (χ2n) is 4.12. The number of ether oxygens (including phenoxy) is 1. The van der Waals surface area contributed by atoms with Gasteiger partial charge in [-0.25, -0.2) is 0 Å². The summed E-state index contributed by atoms with van der Waals surface area (Å²) in [5, 5.41) is 2.71. The van der Waals surface area contributed by atoms with Gasteiger partial charge in [0.2, 0.25) is 5.91 Å². The molecule has 1 N–H and O–H groups in total. The molecular formula is C15H14BrNO2. The van der Waals surface area contributed by atoms with Crippen LogP contribution in [0.4, 0.5) is 5.69 Å². The Kier molecular flexibility index (Phi) is 4.58. The highest BCUT2D eigenvalue weighted by Gasteiger charge is 1.99. The molecule has 1 amide bonds. The molecule has 0 aliphatic heterocycles. The molecule has 3 nitrogen and oxygen atoms in total. The standard InChI is InChI=1S/C15H14BrNO2/c1-11(18)17-14-5-7-15(8-6-14)19-10-12-3-2-4-13(16)9-12/h2-9H,10H2,1H3,(H,17,18). The summed E-state index contributed by atoms with van der Waals surface area (Å²) in [5.74, 6) is 0.692. The molecule has 0 spiro atoms. The summed E-state index contributed by atoms with van der Waals surface area (Å²) in [4.78, 5) is 10.9. The van der Waals surface area contributed by atoms with Gasteiger partial charge in [-0.15, -0.1) is 0 Å². The van der Waals surface area contributed by atoms with E-state index >= 15 is 0 Å². The number of nitrogens with one attached hydrogen (secondary N) is 1. The summed E-state index contributed by atoms with van der Waals surface area (Å²) in [6.07, 6.45) is 0. The summed E-state index contributed by atoms with van der Waals surface area (Å²) in [5.41, 5.74) is 1.86. The Bertz CT molecular complexity index is 567. The Balaban J connectivity index is 1.94. The van der Waals surface area contributed by atoms with Crippen LogP contribution in [0.1, 0.15) is 12.5 Å². The summed E-state index contributed by atoms with van der Waals surface area (Å²) >= 11 is 3.43. The molecule has 2 rings (SSSR count). The van der Waals surface area contributed by atoms with E-state index in [4.69, 9.17) is 4.74 Å². The molecule has 2 aromatic carbocycles. The van der Waals surface area contributed by atoms with E-state index in [1.54, 1.807) is 0 Å². The number of carbonyl (C=O) groups excluding carboxylic acids is 1. The predicted molar refractivity (Wildman–Crippen MR) is 79.2 cm³/mol. The Labute approximate surface area is 120 Å². The monoisotopic (exact) mass is 319 g/mol. The van der Waals surface area contributed by atoms with Crippen LogP contribution in [0.25, 0.3) is 0 Å². The molecule has 0 heterocycles. The van der Waals surface area contributed by atoms with Crippen molar-refractivity contribution in [2.45, 2.75) is 13.5 Å². The molecule has 0 aliphatic carbocycles. The first-order valence-corrected chi connectivity index (χ1v) is 6.68. The van der Waals surface area contributed by atoms with Gasteiger partial charge in [-0.05, 0) is 42.0 Å². The van der Waals surface area contributed by atoms with Crippen LogP contribution in [-0.2, 0) is 11.4 Å². The fraction of sp³-hybridized carbons (Fsp3) is 0.133. The maximum atomic E-state index is 10.9. The third kappa shape index (κ3) is 4.41. The Hall–Kier alpha value is -1.81. The highest BCUT2D eigenvalue weighted by molar-refractivity contribution is 9.10. The van der Waals surface area contributed by atoms with Gasteiger partial charge < -0.3 is 10.1 Å². The lowest BCUT2D eigenvalue weighted by molar-refractivity contribution is -0.114. The first-order chi connectivity index (χ1) is 9.13. The molecule has 0 saturated heterocycles. The van der Waals surface area contributed by atoms with Crippen LogP contribution in [0, 0.1) is 0 Å². The highest BCUT2D eigenvalue weighted by atomic mass is 79.9. The van der Waals surface area contributed by atoms with E-state index < -0.39 is 0 Å². The molecule has 2 aromatic rings. The molecule has 0 bridgehead atoms. The average Bonchev–Trinajstić information content (AvgIpc) is 2.37. The van der Waals surface area contributed by atoms with Crippen LogP contribution in [0.5, 0.6) is 5.75 Å². The Morgan fingerprint density at radius 2 is 1.95 bits per heavy atom. The first kappa shape index (κ1) is 13.6. The van der Waals surface area contributed by atoms with E-state index in [1.807, 2.05) is 48.5 Å². The van der Waals surface area contributed by atoms with Crippen LogP contribution in [0.15, 0.2) is 53.0 Å². The number of rotatable bonds is 4. The molecule has 0 aliphatic rings. The fourth-order valence-electron chi connectivity index (χ4n) is 1.63. The smallest absolute Gasteiger partial charge is 0.221 e. The zero-order chi connectivity index (χ0) is 13.7. The molecule has 0 aromatic heterocycles. The minimum Gasteiger partial charge on any atom is -0.489 e. The van der Waals surface area contributed by atoms with Crippen molar-refractivity contribution >= 4 is 27.5 Å². The molecule has 0 atom stereocenters. The molecule has 19 heavy (non-hydrogen) atoms. The Morgan fingerprint density at radius 3 is 2.58 bits per heavy atom.